The standard InChI is InChI=1S/C32H52N8O9/c1-19(26(43)39-24(17-20-11-5-4-6-12-20)28(45)38-23(30(47)48)14-8-10-16-34)36-31(49)32(2,3)40-29(46)22(13-7-9-15-33)37-27(44)21(35)18-25(41)42/h4-6,11-12,19,21-24H,7-10,13-18,33-35H2,1-3H3,(H,36,49)(H,37,44)(H,38,45)(H,39,43)(H,40,46)(H,41,42)(H,47,48)/t19-,21-,22-,23-,24-/m0/s1. The molecular weight excluding hydrogens is 640 g/mol. The molecule has 0 aliphatic carbocycles. The first kappa shape index (κ1) is 42.4. The molecule has 5 amide bonds. The van der Waals surface area contributed by atoms with Crippen LogP contribution in [-0.2, 0) is 40.0 Å². The number of carbonyl (C=O) groups excluding carboxylic acids is 5. The normalized spacial score (nSPS) is 14.2. The van der Waals surface area contributed by atoms with Crippen molar-refractivity contribution in [2.75, 3.05) is 13.1 Å². The van der Waals surface area contributed by atoms with Crippen molar-refractivity contribution in [2.24, 2.45) is 17.2 Å². The lowest BCUT2D eigenvalue weighted by Crippen LogP contribution is -2.62. The maximum atomic E-state index is 13.3. The average Bonchev–Trinajstić information content (AvgIpc) is 3.03. The van der Waals surface area contributed by atoms with Crippen LogP contribution in [0, 0.1) is 0 Å². The summed E-state index contributed by atoms with van der Waals surface area (Å²) in [7, 11) is 0. The number of benzene rings is 1. The van der Waals surface area contributed by atoms with Gasteiger partial charge in [0, 0.05) is 6.42 Å². The number of nitrogens with one attached hydrogen (secondary N) is 5. The van der Waals surface area contributed by atoms with Gasteiger partial charge in [0.05, 0.1) is 12.5 Å². The summed E-state index contributed by atoms with van der Waals surface area (Å²) >= 11 is 0. The monoisotopic (exact) mass is 692 g/mol. The van der Waals surface area contributed by atoms with Gasteiger partial charge in [0.15, 0.2) is 0 Å². The molecular formula is C32H52N8O9. The molecule has 0 saturated heterocycles. The Morgan fingerprint density at radius 2 is 1.24 bits per heavy atom. The van der Waals surface area contributed by atoms with Gasteiger partial charge < -0.3 is 54.0 Å². The summed E-state index contributed by atoms with van der Waals surface area (Å²) in [5.74, 6) is -6.38. The van der Waals surface area contributed by atoms with Gasteiger partial charge in [-0.25, -0.2) is 4.79 Å². The Hall–Kier alpha value is -4.61. The summed E-state index contributed by atoms with van der Waals surface area (Å²) in [4.78, 5) is 88.2. The summed E-state index contributed by atoms with van der Waals surface area (Å²) in [5.41, 5.74) is 15.8. The zero-order chi connectivity index (χ0) is 37.1. The second-order valence-corrected chi connectivity index (χ2v) is 12.3. The second-order valence-electron chi connectivity index (χ2n) is 12.3. The fraction of sp³-hybridized carbons (Fsp3) is 0.594. The van der Waals surface area contributed by atoms with Crippen LogP contribution in [0.25, 0.3) is 0 Å². The molecule has 0 heterocycles. The lowest BCUT2D eigenvalue weighted by Gasteiger charge is -2.30. The van der Waals surface area contributed by atoms with E-state index in [1.54, 1.807) is 30.3 Å². The molecule has 17 heteroatoms. The minimum absolute atomic E-state index is 0.0309. The number of rotatable bonds is 23. The minimum Gasteiger partial charge on any atom is -0.481 e. The summed E-state index contributed by atoms with van der Waals surface area (Å²) in [6.07, 6.45) is 1.66. The van der Waals surface area contributed by atoms with Crippen molar-refractivity contribution < 1.29 is 43.8 Å². The number of hydrogen-bond acceptors (Lipinski definition) is 10. The molecule has 17 nitrogen and oxygen atoms in total. The number of nitrogens with two attached hydrogens (primary N) is 3. The van der Waals surface area contributed by atoms with Crippen molar-refractivity contribution >= 4 is 41.5 Å². The molecule has 0 fully saturated rings. The highest BCUT2D eigenvalue weighted by Gasteiger charge is 2.35. The number of carbonyl (C=O) groups is 7. The van der Waals surface area contributed by atoms with Crippen molar-refractivity contribution in [1.29, 1.82) is 0 Å². The van der Waals surface area contributed by atoms with Crippen molar-refractivity contribution in [3.05, 3.63) is 35.9 Å². The molecule has 0 aromatic heterocycles. The molecule has 0 radical (unpaired) electrons. The van der Waals surface area contributed by atoms with Crippen LogP contribution in [0.15, 0.2) is 30.3 Å². The van der Waals surface area contributed by atoms with Crippen molar-refractivity contribution in [3.8, 4) is 0 Å². The second kappa shape index (κ2) is 21.4. The fourth-order valence-corrected chi connectivity index (χ4v) is 4.59. The molecule has 1 aromatic carbocycles. The van der Waals surface area contributed by atoms with E-state index in [0.29, 0.717) is 44.3 Å². The maximum absolute atomic E-state index is 13.3. The topological polar surface area (TPSA) is 298 Å². The Morgan fingerprint density at radius 3 is 1.78 bits per heavy atom. The van der Waals surface area contributed by atoms with E-state index in [0.717, 1.165) is 0 Å². The van der Waals surface area contributed by atoms with E-state index in [1.807, 2.05) is 0 Å². The van der Waals surface area contributed by atoms with Gasteiger partial charge >= 0.3 is 11.9 Å². The van der Waals surface area contributed by atoms with Crippen LogP contribution >= 0.6 is 0 Å². The molecule has 1 aromatic rings. The number of amides is 5. The van der Waals surface area contributed by atoms with Crippen LogP contribution < -0.4 is 43.8 Å². The fourth-order valence-electron chi connectivity index (χ4n) is 4.59. The third-order valence-corrected chi connectivity index (χ3v) is 7.53. The highest BCUT2D eigenvalue weighted by molar-refractivity contribution is 5.98. The van der Waals surface area contributed by atoms with Crippen molar-refractivity contribution in [1.82, 2.24) is 26.6 Å². The molecule has 0 bridgehead atoms. The van der Waals surface area contributed by atoms with Crippen LogP contribution in [0.5, 0.6) is 0 Å². The van der Waals surface area contributed by atoms with Gasteiger partial charge in [0.1, 0.15) is 29.7 Å². The minimum atomic E-state index is -1.61. The quantitative estimate of drug-likeness (QED) is 0.0570. The van der Waals surface area contributed by atoms with E-state index in [1.165, 1.54) is 20.8 Å². The first-order chi connectivity index (χ1) is 23.0. The Kier molecular flexibility index (Phi) is 18.5. The van der Waals surface area contributed by atoms with Gasteiger partial charge in [-0.05, 0) is 77.9 Å². The Morgan fingerprint density at radius 1 is 0.714 bits per heavy atom. The SMILES string of the molecule is C[C@H](NC(=O)C(C)(C)NC(=O)[C@H](CCCCN)NC(=O)[C@@H](N)CC(=O)O)C(=O)N[C@@H](Cc1ccccc1)C(=O)N[C@@H](CCCCN)C(=O)O. The lowest BCUT2D eigenvalue weighted by atomic mass is 10.0. The van der Waals surface area contributed by atoms with E-state index in [2.05, 4.69) is 26.6 Å². The van der Waals surface area contributed by atoms with Crippen LogP contribution in [0.3, 0.4) is 0 Å². The van der Waals surface area contributed by atoms with Gasteiger partial charge in [-0.15, -0.1) is 0 Å². The van der Waals surface area contributed by atoms with Crippen LogP contribution in [0.1, 0.15) is 71.3 Å². The zero-order valence-corrected chi connectivity index (χ0v) is 28.3. The van der Waals surface area contributed by atoms with E-state index in [4.69, 9.17) is 22.3 Å². The summed E-state index contributed by atoms with van der Waals surface area (Å²) in [6.45, 7) is 4.82. The van der Waals surface area contributed by atoms with E-state index < -0.39 is 83.6 Å². The van der Waals surface area contributed by atoms with E-state index in [9.17, 15) is 38.7 Å². The van der Waals surface area contributed by atoms with Crippen molar-refractivity contribution in [3.63, 3.8) is 0 Å². The first-order valence-electron chi connectivity index (χ1n) is 16.2. The first-order valence-corrected chi connectivity index (χ1v) is 16.2. The van der Waals surface area contributed by atoms with Gasteiger partial charge in [-0.3, -0.25) is 28.8 Å². The van der Waals surface area contributed by atoms with Gasteiger partial charge in [-0.2, -0.15) is 0 Å². The van der Waals surface area contributed by atoms with Crippen LogP contribution in [0.2, 0.25) is 0 Å². The molecule has 49 heavy (non-hydrogen) atoms. The molecule has 13 N–H and O–H groups in total. The van der Waals surface area contributed by atoms with Crippen molar-refractivity contribution in [2.45, 2.75) is 108 Å². The summed E-state index contributed by atoms with van der Waals surface area (Å²) in [6, 6.07) is 2.59. The molecule has 0 spiro atoms. The predicted molar refractivity (Wildman–Crippen MR) is 179 cm³/mol. The summed E-state index contributed by atoms with van der Waals surface area (Å²) in [5, 5.41) is 31.1. The molecule has 1 rings (SSSR count). The number of hydrogen-bond donors (Lipinski definition) is 10. The molecule has 0 aliphatic heterocycles. The number of carboxylic acid groups (broad SMARTS) is 2. The smallest absolute Gasteiger partial charge is 0.326 e. The molecule has 274 valence electrons. The van der Waals surface area contributed by atoms with Gasteiger partial charge in [0.2, 0.25) is 29.5 Å². The lowest BCUT2D eigenvalue weighted by molar-refractivity contribution is -0.142. The Bertz CT molecular complexity index is 1280. The zero-order valence-electron chi connectivity index (χ0n) is 28.3. The number of aliphatic carboxylic acids is 2. The average molecular weight is 693 g/mol. The van der Waals surface area contributed by atoms with E-state index in [-0.39, 0.29) is 19.3 Å². The van der Waals surface area contributed by atoms with Gasteiger partial charge in [0.25, 0.3) is 0 Å². The molecule has 5 atom stereocenters. The number of unbranched alkanes of at least 4 members (excludes halogenated alkanes) is 2. The summed E-state index contributed by atoms with van der Waals surface area (Å²) < 4.78 is 0. The number of carboxylic acids is 2. The molecule has 0 saturated carbocycles. The highest BCUT2D eigenvalue weighted by Crippen LogP contribution is 2.10. The largest absolute Gasteiger partial charge is 0.481 e. The maximum Gasteiger partial charge on any atom is 0.326 e. The highest BCUT2D eigenvalue weighted by atomic mass is 16.4. The Labute approximate surface area is 285 Å². The molecule has 0 aliphatic rings. The predicted octanol–water partition coefficient (Wildman–Crippen LogP) is -1.77. The third kappa shape index (κ3) is 15.9. The van der Waals surface area contributed by atoms with E-state index >= 15 is 0 Å². The third-order valence-electron chi connectivity index (χ3n) is 7.53. The molecule has 0 unspecified atom stereocenters. The van der Waals surface area contributed by atoms with Gasteiger partial charge in [-0.1, -0.05) is 30.3 Å². The Balaban J connectivity index is 3.02. The van der Waals surface area contributed by atoms with Crippen LogP contribution in [0.4, 0.5) is 0 Å². The van der Waals surface area contributed by atoms with Crippen LogP contribution in [-0.4, -0.2) is 101 Å².